The predicted octanol–water partition coefficient (Wildman–Crippen LogP) is 17.9. The van der Waals surface area contributed by atoms with Crippen molar-refractivity contribution in [3.63, 3.8) is 0 Å². The van der Waals surface area contributed by atoms with Crippen molar-refractivity contribution in [1.29, 1.82) is 0 Å². The minimum Gasteiger partial charge on any atom is -0.756 e. The number of phosphoric acid groups is 1. The normalized spacial score (nSPS) is 14.5. The van der Waals surface area contributed by atoms with Crippen molar-refractivity contribution in [2.45, 2.75) is 251 Å². The monoisotopic (exact) mass is 1060 g/mol. The van der Waals surface area contributed by atoms with E-state index in [0.29, 0.717) is 23.9 Å². The molecule has 3 unspecified atom stereocenters. The van der Waals surface area contributed by atoms with Gasteiger partial charge in [0.05, 0.1) is 33.8 Å². The van der Waals surface area contributed by atoms with Gasteiger partial charge >= 0.3 is 5.97 Å². The molecule has 0 aliphatic carbocycles. The summed E-state index contributed by atoms with van der Waals surface area (Å²) in [4.78, 5) is 39.9. The number of unbranched alkanes of at least 4 members (excludes halogenated alkanes) is 21. The van der Waals surface area contributed by atoms with Crippen LogP contribution in [0.4, 0.5) is 0 Å². The van der Waals surface area contributed by atoms with Gasteiger partial charge in [0.25, 0.3) is 7.82 Å². The Morgan fingerprint density at radius 3 is 1.32 bits per heavy atom. The van der Waals surface area contributed by atoms with E-state index in [2.05, 4.69) is 123 Å². The fourth-order valence-corrected chi connectivity index (χ4v) is 8.75. The summed E-state index contributed by atoms with van der Waals surface area (Å²) in [6.07, 6.45) is 73.4. The number of nitrogens with zero attached hydrogens (tertiary/aromatic N) is 1. The maximum atomic E-state index is 13.5. The second-order valence-corrected chi connectivity index (χ2v) is 22.5. The molecule has 0 bridgehead atoms. The molecule has 75 heavy (non-hydrogen) atoms. The molecule has 9 nitrogen and oxygen atoms in total. The minimum atomic E-state index is -4.71. The van der Waals surface area contributed by atoms with Gasteiger partial charge < -0.3 is 28.5 Å². The Balaban J connectivity index is 5.35. The number of hydrogen-bond acceptors (Lipinski definition) is 7. The number of nitrogens with one attached hydrogen (secondary N) is 1. The van der Waals surface area contributed by atoms with Crippen LogP contribution in [0.2, 0.25) is 0 Å². The van der Waals surface area contributed by atoms with Crippen LogP contribution in [0.5, 0.6) is 0 Å². The van der Waals surface area contributed by atoms with Gasteiger partial charge in [-0.25, -0.2) is 0 Å². The third kappa shape index (κ3) is 55.2. The number of carbonyl (C=O) groups excluding carboxylic acids is 2. The average Bonchev–Trinajstić information content (AvgIpc) is 3.37. The fraction of sp³-hybridized carbons (Fsp3) is 0.692. The first kappa shape index (κ1) is 71.7. The van der Waals surface area contributed by atoms with Crippen molar-refractivity contribution in [2.75, 3.05) is 40.9 Å². The average molecular weight is 1070 g/mol. The van der Waals surface area contributed by atoms with Crippen LogP contribution in [-0.2, 0) is 27.9 Å². The van der Waals surface area contributed by atoms with E-state index in [1.165, 1.54) is 70.6 Å². The summed E-state index contributed by atoms with van der Waals surface area (Å²) in [5.41, 5.74) is 0. The van der Waals surface area contributed by atoms with E-state index in [0.717, 1.165) is 122 Å². The lowest BCUT2D eigenvalue weighted by Gasteiger charge is -2.30. The molecule has 0 aromatic heterocycles. The SMILES string of the molecule is CC/C=C\C/C=C\C/C=C\C/C=C\C/C=C\CCCCCC(=O)OC(/C=C/CCCCCCCCCCC)C(COP(=O)([O-])OCC[N+](C)(C)C)NC(=O)CCCCCCCC/C=C\C/C=C\C/C=C\CCCCC. The van der Waals surface area contributed by atoms with Crippen LogP contribution in [-0.4, -0.2) is 69.4 Å². The van der Waals surface area contributed by atoms with E-state index in [9.17, 15) is 19.0 Å². The van der Waals surface area contributed by atoms with Gasteiger partial charge in [0.2, 0.25) is 5.91 Å². The highest BCUT2D eigenvalue weighted by molar-refractivity contribution is 7.45. The largest absolute Gasteiger partial charge is 0.756 e. The number of amides is 1. The third-order valence-corrected chi connectivity index (χ3v) is 13.7. The van der Waals surface area contributed by atoms with Gasteiger partial charge in [-0.1, -0.05) is 220 Å². The van der Waals surface area contributed by atoms with Gasteiger partial charge in [-0.15, -0.1) is 0 Å². The molecule has 0 saturated carbocycles. The number of rotatable bonds is 53. The molecule has 0 heterocycles. The molecule has 0 spiro atoms. The van der Waals surface area contributed by atoms with Crippen molar-refractivity contribution >= 4 is 19.7 Å². The van der Waals surface area contributed by atoms with Gasteiger partial charge in [0.15, 0.2) is 0 Å². The van der Waals surface area contributed by atoms with Crippen molar-refractivity contribution in [1.82, 2.24) is 5.32 Å². The Labute approximate surface area is 461 Å². The number of esters is 1. The maximum Gasteiger partial charge on any atom is 0.306 e. The summed E-state index contributed by atoms with van der Waals surface area (Å²) < 4.78 is 30.2. The number of carbonyl (C=O) groups is 2. The van der Waals surface area contributed by atoms with E-state index >= 15 is 0 Å². The van der Waals surface area contributed by atoms with Gasteiger partial charge in [-0.3, -0.25) is 14.2 Å². The molecule has 0 rings (SSSR count). The molecule has 0 aliphatic heterocycles. The molecular weight excluding hydrogens is 952 g/mol. The van der Waals surface area contributed by atoms with E-state index in [1.807, 2.05) is 33.3 Å². The molecule has 1 N–H and O–H groups in total. The number of hydrogen-bond donors (Lipinski definition) is 1. The lowest BCUT2D eigenvalue weighted by Crippen LogP contribution is -2.47. The number of ether oxygens (including phenoxy) is 1. The zero-order valence-corrected chi connectivity index (χ0v) is 49.9. The molecule has 0 radical (unpaired) electrons. The smallest absolute Gasteiger partial charge is 0.306 e. The molecule has 0 fully saturated rings. The quantitative estimate of drug-likeness (QED) is 0.0212. The lowest BCUT2D eigenvalue weighted by atomic mass is 10.1. The van der Waals surface area contributed by atoms with E-state index in [4.69, 9.17) is 13.8 Å². The van der Waals surface area contributed by atoms with Crippen molar-refractivity contribution in [2.24, 2.45) is 0 Å². The van der Waals surface area contributed by atoms with Gasteiger partial charge in [0, 0.05) is 12.8 Å². The molecule has 430 valence electrons. The first-order valence-electron chi connectivity index (χ1n) is 30.2. The topological polar surface area (TPSA) is 114 Å². The van der Waals surface area contributed by atoms with Crippen molar-refractivity contribution in [3.8, 4) is 0 Å². The summed E-state index contributed by atoms with van der Waals surface area (Å²) in [5, 5.41) is 3.01. The van der Waals surface area contributed by atoms with Crippen LogP contribution in [0.1, 0.15) is 239 Å². The predicted molar refractivity (Wildman–Crippen MR) is 320 cm³/mol. The van der Waals surface area contributed by atoms with Gasteiger partial charge in [-0.2, -0.15) is 0 Å². The highest BCUT2D eigenvalue weighted by Crippen LogP contribution is 2.38. The first-order valence-corrected chi connectivity index (χ1v) is 31.7. The molecule has 10 heteroatoms. The Morgan fingerprint density at radius 1 is 0.480 bits per heavy atom. The molecule has 0 aliphatic rings. The molecule has 0 saturated heterocycles. The second-order valence-electron chi connectivity index (χ2n) is 21.1. The first-order chi connectivity index (χ1) is 36.4. The van der Waals surface area contributed by atoms with E-state index < -0.39 is 26.6 Å². The van der Waals surface area contributed by atoms with Crippen LogP contribution < -0.4 is 10.2 Å². The van der Waals surface area contributed by atoms with E-state index in [-0.39, 0.29) is 31.3 Å². The Bertz CT molecular complexity index is 1650. The zero-order chi connectivity index (χ0) is 55.0. The molecule has 0 aromatic rings. The summed E-state index contributed by atoms with van der Waals surface area (Å²) in [7, 11) is 1.14. The van der Waals surface area contributed by atoms with Crippen molar-refractivity contribution in [3.05, 3.63) is 109 Å². The van der Waals surface area contributed by atoms with Crippen LogP contribution in [0.3, 0.4) is 0 Å². The standard InChI is InChI=1S/C65H113N2O7P/c1-7-10-13-16-19-22-25-27-29-31-33-35-37-39-42-45-48-51-54-57-64(68)66-62(61-73-75(70,71)72-60-59-67(4,5)6)63(56-53-50-47-44-41-24-21-18-15-12-9-3)74-65(69)58-55-52-49-46-43-40-38-36-34-32-30-28-26-23-20-17-14-11-8-2/h11,14,19-20,22-23,27-30,33-36,40,43,53,56,62-63H,7-10,12-13,15-18,21,24-26,31-32,37-39,41-42,44-52,54-55,57-61H2,1-6H3,(H-,66,68,70,71)/b14-11-,22-19-,23-20-,29-27-,30-28-,35-33-,36-34-,43-40-,56-53+. The summed E-state index contributed by atoms with van der Waals surface area (Å²) in [5.74, 6) is -0.601. The number of allylic oxidation sites excluding steroid dienone is 17. The molecule has 1 amide bonds. The lowest BCUT2D eigenvalue weighted by molar-refractivity contribution is -0.870. The molecule has 0 aromatic carbocycles. The summed E-state index contributed by atoms with van der Waals surface area (Å²) in [6, 6.07) is -0.916. The zero-order valence-electron chi connectivity index (χ0n) is 49.0. The Morgan fingerprint density at radius 2 is 0.853 bits per heavy atom. The van der Waals surface area contributed by atoms with Crippen LogP contribution >= 0.6 is 7.82 Å². The Hall–Kier alpha value is -3.33. The number of phosphoric ester groups is 1. The van der Waals surface area contributed by atoms with Crippen LogP contribution in [0, 0.1) is 0 Å². The Kier molecular flexibility index (Phi) is 51.6. The fourth-order valence-electron chi connectivity index (χ4n) is 8.02. The van der Waals surface area contributed by atoms with E-state index in [1.54, 1.807) is 0 Å². The maximum absolute atomic E-state index is 13.5. The van der Waals surface area contributed by atoms with Crippen LogP contribution in [0.15, 0.2) is 109 Å². The van der Waals surface area contributed by atoms with Gasteiger partial charge in [-0.05, 0) is 115 Å². The number of likely N-dealkylation sites (N-methyl/N-ethyl adjacent to an activating group) is 1. The van der Waals surface area contributed by atoms with Crippen LogP contribution in [0.25, 0.3) is 0 Å². The second kappa shape index (κ2) is 54.0. The summed E-state index contributed by atoms with van der Waals surface area (Å²) in [6.45, 7) is 6.65. The highest BCUT2D eigenvalue weighted by Gasteiger charge is 2.27. The molecule has 3 atom stereocenters. The minimum absolute atomic E-state index is 0.0364. The molecular formula is C65H113N2O7P. The third-order valence-electron chi connectivity index (χ3n) is 12.7. The van der Waals surface area contributed by atoms with Crippen molar-refractivity contribution < 1.29 is 37.3 Å². The number of quaternary nitrogens is 1. The van der Waals surface area contributed by atoms with Gasteiger partial charge in [0.1, 0.15) is 19.3 Å². The summed E-state index contributed by atoms with van der Waals surface area (Å²) >= 11 is 0. The highest BCUT2D eigenvalue weighted by atomic mass is 31.2.